The Labute approximate surface area is 104 Å². The summed E-state index contributed by atoms with van der Waals surface area (Å²) in [4.78, 5) is 2.32. The molecule has 1 aliphatic rings. The number of nitrogens with two attached hydrogens (primary N) is 1. The van der Waals surface area contributed by atoms with E-state index in [1.54, 1.807) is 0 Å². The largest absolute Gasteiger partial charge is 0.399 e. The Hall–Kier alpha value is -0.580. The van der Waals surface area contributed by atoms with Gasteiger partial charge in [0.2, 0.25) is 0 Å². The van der Waals surface area contributed by atoms with Crippen molar-refractivity contribution in [1.29, 1.82) is 0 Å². The molecule has 0 amide bonds. The predicted octanol–water partition coefficient (Wildman–Crippen LogP) is 1.99. The molecule has 16 heavy (non-hydrogen) atoms. The molecule has 0 bridgehead atoms. The minimum Gasteiger partial charge on any atom is -0.399 e. The molecule has 0 aliphatic carbocycles. The van der Waals surface area contributed by atoms with E-state index in [0.717, 1.165) is 29.7 Å². The molecule has 1 fully saturated rings. The summed E-state index contributed by atoms with van der Waals surface area (Å²) >= 11 is 3.45. The number of nitrogens with zero attached hydrogens (tertiary/aromatic N) is 1. The van der Waals surface area contributed by atoms with Crippen molar-refractivity contribution in [3.8, 4) is 0 Å². The molecule has 0 aromatic heterocycles. The maximum Gasteiger partial charge on any atom is 0.0587 e. The van der Waals surface area contributed by atoms with Crippen LogP contribution < -0.4 is 5.73 Å². The van der Waals surface area contributed by atoms with E-state index < -0.39 is 0 Å². The average Bonchev–Trinajstić information content (AvgIpc) is 2.63. The summed E-state index contributed by atoms with van der Waals surface area (Å²) < 4.78 is 1.02. The van der Waals surface area contributed by atoms with E-state index in [1.807, 2.05) is 12.1 Å². The Morgan fingerprint density at radius 2 is 2.25 bits per heavy atom. The number of anilines is 1. The monoisotopic (exact) mass is 284 g/mol. The molecule has 1 aromatic rings. The standard InChI is InChI=1S/C12H17BrN2O/c13-10-4-9(5-11(14)6-10)7-15-3-1-2-12(15)8-16/h4-6,12,16H,1-3,7-8,14H2. The Balaban J connectivity index is 2.08. The van der Waals surface area contributed by atoms with Gasteiger partial charge in [-0.1, -0.05) is 15.9 Å². The zero-order valence-corrected chi connectivity index (χ0v) is 10.8. The summed E-state index contributed by atoms with van der Waals surface area (Å²) in [5, 5.41) is 9.25. The number of aliphatic hydroxyl groups excluding tert-OH is 1. The molecule has 0 spiro atoms. The minimum atomic E-state index is 0.253. The first-order valence-electron chi connectivity index (χ1n) is 5.59. The summed E-state index contributed by atoms with van der Waals surface area (Å²) in [5.41, 5.74) is 7.79. The SMILES string of the molecule is Nc1cc(Br)cc(CN2CCCC2CO)c1. The second-order valence-corrected chi connectivity index (χ2v) is 5.26. The molecule has 1 aliphatic heterocycles. The summed E-state index contributed by atoms with van der Waals surface area (Å²) in [6.45, 7) is 2.19. The van der Waals surface area contributed by atoms with E-state index in [0.29, 0.717) is 6.04 Å². The topological polar surface area (TPSA) is 49.5 Å². The average molecular weight is 285 g/mol. The highest BCUT2D eigenvalue weighted by atomic mass is 79.9. The lowest BCUT2D eigenvalue weighted by atomic mass is 10.1. The highest BCUT2D eigenvalue weighted by Gasteiger charge is 2.23. The fourth-order valence-corrected chi connectivity index (χ4v) is 2.87. The number of nitrogen functional groups attached to an aromatic ring is 1. The third-order valence-electron chi connectivity index (χ3n) is 3.08. The Kier molecular flexibility index (Phi) is 3.84. The van der Waals surface area contributed by atoms with Gasteiger partial charge in [0, 0.05) is 22.7 Å². The number of hydrogen-bond donors (Lipinski definition) is 2. The molecule has 1 aromatic carbocycles. The van der Waals surface area contributed by atoms with Crippen molar-refractivity contribution in [2.45, 2.75) is 25.4 Å². The molecule has 1 saturated heterocycles. The van der Waals surface area contributed by atoms with Crippen LogP contribution in [0.2, 0.25) is 0 Å². The Bertz CT molecular complexity index is 350. The van der Waals surface area contributed by atoms with Gasteiger partial charge in [-0.25, -0.2) is 0 Å². The number of likely N-dealkylation sites (tertiary alicyclic amines) is 1. The van der Waals surface area contributed by atoms with Crippen molar-refractivity contribution in [3.05, 3.63) is 28.2 Å². The minimum absolute atomic E-state index is 0.253. The van der Waals surface area contributed by atoms with Crippen molar-refractivity contribution in [2.24, 2.45) is 0 Å². The van der Waals surface area contributed by atoms with Gasteiger partial charge in [-0.3, -0.25) is 4.90 Å². The fourth-order valence-electron chi connectivity index (χ4n) is 2.31. The van der Waals surface area contributed by atoms with Gasteiger partial charge in [-0.15, -0.1) is 0 Å². The molecule has 1 unspecified atom stereocenters. The van der Waals surface area contributed by atoms with Crippen molar-refractivity contribution in [2.75, 3.05) is 18.9 Å². The van der Waals surface area contributed by atoms with Crippen molar-refractivity contribution >= 4 is 21.6 Å². The molecule has 1 heterocycles. The van der Waals surface area contributed by atoms with Crippen molar-refractivity contribution < 1.29 is 5.11 Å². The van der Waals surface area contributed by atoms with E-state index in [-0.39, 0.29) is 6.61 Å². The van der Waals surface area contributed by atoms with Gasteiger partial charge in [0.1, 0.15) is 0 Å². The molecule has 2 rings (SSSR count). The van der Waals surface area contributed by atoms with Gasteiger partial charge in [0.15, 0.2) is 0 Å². The summed E-state index contributed by atoms with van der Waals surface area (Å²) in [7, 11) is 0. The van der Waals surface area contributed by atoms with Crippen LogP contribution in [0.5, 0.6) is 0 Å². The summed E-state index contributed by atoms with van der Waals surface area (Å²) in [6.07, 6.45) is 2.27. The van der Waals surface area contributed by atoms with Crippen LogP contribution in [0.25, 0.3) is 0 Å². The quantitative estimate of drug-likeness (QED) is 0.835. The molecule has 4 heteroatoms. The number of benzene rings is 1. The third kappa shape index (κ3) is 2.75. The Morgan fingerprint density at radius 3 is 2.94 bits per heavy atom. The smallest absolute Gasteiger partial charge is 0.0587 e. The number of halogens is 1. The summed E-state index contributed by atoms with van der Waals surface area (Å²) in [5.74, 6) is 0. The molecule has 3 nitrogen and oxygen atoms in total. The molecule has 1 atom stereocenters. The van der Waals surface area contributed by atoms with Gasteiger partial charge < -0.3 is 10.8 Å². The highest BCUT2D eigenvalue weighted by Crippen LogP contribution is 2.23. The lowest BCUT2D eigenvalue weighted by Crippen LogP contribution is -2.31. The van der Waals surface area contributed by atoms with Gasteiger partial charge in [0.25, 0.3) is 0 Å². The van der Waals surface area contributed by atoms with E-state index in [9.17, 15) is 5.11 Å². The molecular formula is C12H17BrN2O. The maximum absolute atomic E-state index is 9.25. The molecule has 3 N–H and O–H groups in total. The number of aliphatic hydroxyl groups is 1. The van der Waals surface area contributed by atoms with E-state index in [4.69, 9.17) is 5.73 Å². The van der Waals surface area contributed by atoms with E-state index in [2.05, 4.69) is 26.9 Å². The van der Waals surface area contributed by atoms with Crippen LogP contribution in [0.1, 0.15) is 18.4 Å². The van der Waals surface area contributed by atoms with Crippen LogP contribution in [0.15, 0.2) is 22.7 Å². The van der Waals surface area contributed by atoms with Crippen LogP contribution in [0.4, 0.5) is 5.69 Å². The van der Waals surface area contributed by atoms with E-state index in [1.165, 1.54) is 12.0 Å². The third-order valence-corrected chi connectivity index (χ3v) is 3.53. The lowest BCUT2D eigenvalue weighted by Gasteiger charge is -2.22. The second-order valence-electron chi connectivity index (χ2n) is 4.34. The zero-order chi connectivity index (χ0) is 11.5. The number of hydrogen-bond acceptors (Lipinski definition) is 3. The van der Waals surface area contributed by atoms with Crippen molar-refractivity contribution in [3.63, 3.8) is 0 Å². The van der Waals surface area contributed by atoms with Crippen molar-refractivity contribution in [1.82, 2.24) is 4.90 Å². The predicted molar refractivity (Wildman–Crippen MR) is 69.1 cm³/mol. The lowest BCUT2D eigenvalue weighted by molar-refractivity contribution is 0.153. The van der Waals surface area contributed by atoms with Crippen LogP contribution >= 0.6 is 15.9 Å². The number of rotatable bonds is 3. The normalized spacial score (nSPS) is 21.5. The molecule has 0 saturated carbocycles. The van der Waals surface area contributed by atoms with Gasteiger partial charge in [-0.2, -0.15) is 0 Å². The van der Waals surface area contributed by atoms with Crippen LogP contribution in [0, 0.1) is 0 Å². The van der Waals surface area contributed by atoms with Crippen LogP contribution in [-0.2, 0) is 6.54 Å². The first-order chi connectivity index (χ1) is 7.69. The van der Waals surface area contributed by atoms with Crippen LogP contribution in [0.3, 0.4) is 0 Å². The summed E-state index contributed by atoms with van der Waals surface area (Å²) in [6, 6.07) is 6.30. The maximum atomic E-state index is 9.25. The molecule has 88 valence electrons. The molecule has 0 radical (unpaired) electrons. The zero-order valence-electron chi connectivity index (χ0n) is 9.19. The van der Waals surface area contributed by atoms with E-state index >= 15 is 0 Å². The fraction of sp³-hybridized carbons (Fsp3) is 0.500. The second kappa shape index (κ2) is 5.17. The molecular weight excluding hydrogens is 268 g/mol. The highest BCUT2D eigenvalue weighted by molar-refractivity contribution is 9.10. The Morgan fingerprint density at radius 1 is 1.44 bits per heavy atom. The van der Waals surface area contributed by atoms with Crippen LogP contribution in [-0.4, -0.2) is 29.2 Å². The first-order valence-corrected chi connectivity index (χ1v) is 6.38. The van der Waals surface area contributed by atoms with Gasteiger partial charge in [-0.05, 0) is 43.1 Å². The van der Waals surface area contributed by atoms with Gasteiger partial charge in [0.05, 0.1) is 6.61 Å². The first kappa shape index (κ1) is 11.9. The van der Waals surface area contributed by atoms with Gasteiger partial charge >= 0.3 is 0 Å².